The van der Waals surface area contributed by atoms with Crippen molar-refractivity contribution < 1.29 is 9.53 Å². The average Bonchev–Trinajstić information content (AvgIpc) is 2.76. The predicted molar refractivity (Wildman–Crippen MR) is 62.1 cm³/mol. The summed E-state index contributed by atoms with van der Waals surface area (Å²) in [6.45, 7) is 4.04. The Balaban J connectivity index is 2.21. The second-order valence-electron chi connectivity index (χ2n) is 3.53. The summed E-state index contributed by atoms with van der Waals surface area (Å²) in [5.41, 5.74) is 1.36. The van der Waals surface area contributed by atoms with Crippen LogP contribution in [0.2, 0.25) is 0 Å². The topological polar surface area (TPSA) is 57.0 Å². The maximum atomic E-state index is 11.4. The summed E-state index contributed by atoms with van der Waals surface area (Å²) < 4.78 is 6.53. The van der Waals surface area contributed by atoms with Crippen molar-refractivity contribution in [3.8, 4) is 5.82 Å². The molecule has 0 saturated heterocycles. The predicted octanol–water partition coefficient (Wildman–Crippen LogP) is 1.75. The molecule has 0 unspecified atom stereocenters. The molecule has 2 heterocycles. The second kappa shape index (κ2) is 4.78. The zero-order valence-corrected chi connectivity index (χ0v) is 9.75. The van der Waals surface area contributed by atoms with Crippen molar-refractivity contribution in [2.75, 3.05) is 6.61 Å². The molecule has 0 fully saturated rings. The Labute approximate surface area is 99.1 Å². The number of pyridine rings is 1. The summed E-state index contributed by atoms with van der Waals surface area (Å²) in [5, 5.41) is 4.23. The second-order valence-corrected chi connectivity index (χ2v) is 3.53. The van der Waals surface area contributed by atoms with Gasteiger partial charge in [-0.2, -0.15) is 5.10 Å². The first-order valence-electron chi connectivity index (χ1n) is 5.36. The monoisotopic (exact) mass is 231 g/mol. The Morgan fingerprint density at radius 3 is 2.76 bits per heavy atom. The summed E-state index contributed by atoms with van der Waals surface area (Å²) >= 11 is 0. The molecule has 88 valence electrons. The Bertz CT molecular complexity index is 517. The van der Waals surface area contributed by atoms with E-state index in [0.717, 1.165) is 5.69 Å². The lowest BCUT2D eigenvalue weighted by Gasteiger charge is -2.03. The van der Waals surface area contributed by atoms with E-state index in [1.54, 1.807) is 23.7 Å². The van der Waals surface area contributed by atoms with Gasteiger partial charge in [-0.25, -0.2) is 14.5 Å². The summed E-state index contributed by atoms with van der Waals surface area (Å²) in [6.07, 6.45) is 3.31. The number of aryl methyl sites for hydroxylation is 1. The van der Waals surface area contributed by atoms with E-state index in [-0.39, 0.29) is 5.97 Å². The number of ether oxygens (including phenoxy) is 1. The summed E-state index contributed by atoms with van der Waals surface area (Å²) in [7, 11) is 0. The van der Waals surface area contributed by atoms with Gasteiger partial charge < -0.3 is 4.74 Å². The fourth-order valence-corrected chi connectivity index (χ4v) is 1.40. The van der Waals surface area contributed by atoms with Crippen LogP contribution in [-0.4, -0.2) is 27.3 Å². The van der Waals surface area contributed by atoms with Crippen LogP contribution in [0.3, 0.4) is 0 Å². The van der Waals surface area contributed by atoms with Crippen molar-refractivity contribution in [3.63, 3.8) is 0 Å². The maximum Gasteiger partial charge on any atom is 0.339 e. The summed E-state index contributed by atoms with van der Waals surface area (Å²) in [6, 6.07) is 5.30. The molecule has 5 heteroatoms. The van der Waals surface area contributed by atoms with E-state index < -0.39 is 0 Å². The minimum Gasteiger partial charge on any atom is -0.462 e. The number of esters is 1. The van der Waals surface area contributed by atoms with Crippen LogP contribution in [0.1, 0.15) is 23.0 Å². The third-order valence-electron chi connectivity index (χ3n) is 2.22. The number of aromatic nitrogens is 3. The van der Waals surface area contributed by atoms with Gasteiger partial charge in [0.1, 0.15) is 0 Å². The molecule has 0 aliphatic carbocycles. The van der Waals surface area contributed by atoms with E-state index in [9.17, 15) is 4.79 Å². The summed E-state index contributed by atoms with van der Waals surface area (Å²) in [4.78, 5) is 15.6. The van der Waals surface area contributed by atoms with Gasteiger partial charge in [0.05, 0.1) is 17.9 Å². The van der Waals surface area contributed by atoms with Crippen LogP contribution in [0.25, 0.3) is 5.82 Å². The third kappa shape index (κ3) is 2.50. The highest BCUT2D eigenvalue weighted by atomic mass is 16.5. The number of hydrogen-bond acceptors (Lipinski definition) is 4. The lowest BCUT2D eigenvalue weighted by Crippen LogP contribution is -2.06. The fraction of sp³-hybridized carbons (Fsp3) is 0.250. The first-order chi connectivity index (χ1) is 8.20. The van der Waals surface area contributed by atoms with Crippen LogP contribution >= 0.6 is 0 Å². The largest absolute Gasteiger partial charge is 0.462 e. The molecular formula is C12H13N3O2. The van der Waals surface area contributed by atoms with Crippen LogP contribution in [0, 0.1) is 6.92 Å². The molecule has 2 aromatic heterocycles. The van der Waals surface area contributed by atoms with Crippen LogP contribution in [-0.2, 0) is 4.74 Å². The minimum atomic E-state index is -0.358. The third-order valence-corrected chi connectivity index (χ3v) is 2.22. The van der Waals surface area contributed by atoms with Crippen LogP contribution < -0.4 is 0 Å². The normalized spacial score (nSPS) is 10.2. The van der Waals surface area contributed by atoms with Gasteiger partial charge in [0, 0.05) is 12.4 Å². The lowest BCUT2D eigenvalue weighted by molar-refractivity contribution is 0.0526. The van der Waals surface area contributed by atoms with Gasteiger partial charge in [0.2, 0.25) is 0 Å². The Morgan fingerprint density at radius 2 is 2.24 bits per heavy atom. The van der Waals surface area contributed by atoms with E-state index >= 15 is 0 Å². The molecule has 0 aliphatic heterocycles. The highest BCUT2D eigenvalue weighted by molar-refractivity contribution is 5.89. The molecule has 2 rings (SSSR count). The SMILES string of the molecule is CCOC(=O)c1ccc(-n2ccc(C)n2)nc1. The molecule has 0 aromatic carbocycles. The van der Waals surface area contributed by atoms with Gasteiger partial charge in [-0.05, 0) is 32.0 Å². The molecule has 0 N–H and O–H groups in total. The van der Waals surface area contributed by atoms with Gasteiger partial charge in [-0.3, -0.25) is 0 Å². The number of hydrogen-bond donors (Lipinski definition) is 0. The lowest BCUT2D eigenvalue weighted by atomic mass is 10.3. The molecule has 0 saturated carbocycles. The smallest absolute Gasteiger partial charge is 0.339 e. The van der Waals surface area contributed by atoms with E-state index in [2.05, 4.69) is 10.1 Å². The van der Waals surface area contributed by atoms with Crippen molar-refractivity contribution in [3.05, 3.63) is 41.9 Å². The van der Waals surface area contributed by atoms with Crippen molar-refractivity contribution in [1.29, 1.82) is 0 Å². The van der Waals surface area contributed by atoms with Crippen molar-refractivity contribution >= 4 is 5.97 Å². The Morgan fingerprint density at radius 1 is 1.41 bits per heavy atom. The summed E-state index contributed by atoms with van der Waals surface area (Å²) in [5.74, 6) is 0.314. The van der Waals surface area contributed by atoms with E-state index in [1.807, 2.05) is 19.2 Å². The first-order valence-corrected chi connectivity index (χ1v) is 5.36. The molecule has 0 radical (unpaired) electrons. The minimum absolute atomic E-state index is 0.358. The van der Waals surface area contributed by atoms with Crippen LogP contribution in [0.4, 0.5) is 0 Å². The van der Waals surface area contributed by atoms with Gasteiger partial charge in [0.25, 0.3) is 0 Å². The highest BCUT2D eigenvalue weighted by Gasteiger charge is 2.07. The van der Waals surface area contributed by atoms with Crippen molar-refractivity contribution in [2.24, 2.45) is 0 Å². The molecule has 0 spiro atoms. The molecule has 17 heavy (non-hydrogen) atoms. The highest BCUT2D eigenvalue weighted by Crippen LogP contribution is 2.07. The number of rotatable bonds is 3. The van der Waals surface area contributed by atoms with E-state index in [0.29, 0.717) is 18.0 Å². The Hall–Kier alpha value is -2.17. The maximum absolute atomic E-state index is 11.4. The molecule has 0 bridgehead atoms. The molecular weight excluding hydrogens is 218 g/mol. The Kier molecular flexibility index (Phi) is 3.18. The molecule has 5 nitrogen and oxygen atoms in total. The number of nitrogens with zero attached hydrogens (tertiary/aromatic N) is 3. The van der Waals surface area contributed by atoms with Gasteiger partial charge in [-0.1, -0.05) is 0 Å². The number of carbonyl (C=O) groups excluding carboxylic acids is 1. The first kappa shape index (κ1) is 11.3. The van der Waals surface area contributed by atoms with Crippen LogP contribution in [0.5, 0.6) is 0 Å². The fourth-order valence-electron chi connectivity index (χ4n) is 1.40. The van der Waals surface area contributed by atoms with E-state index in [1.165, 1.54) is 6.20 Å². The molecule has 0 aliphatic rings. The van der Waals surface area contributed by atoms with Crippen molar-refractivity contribution in [1.82, 2.24) is 14.8 Å². The van der Waals surface area contributed by atoms with E-state index in [4.69, 9.17) is 4.74 Å². The van der Waals surface area contributed by atoms with Gasteiger partial charge >= 0.3 is 5.97 Å². The standard InChI is InChI=1S/C12H13N3O2/c1-3-17-12(16)10-4-5-11(13-8-10)15-7-6-9(2)14-15/h4-8H,3H2,1-2H3. The number of carbonyl (C=O) groups is 1. The van der Waals surface area contributed by atoms with Crippen LogP contribution in [0.15, 0.2) is 30.6 Å². The molecule has 2 aromatic rings. The zero-order valence-electron chi connectivity index (χ0n) is 9.75. The van der Waals surface area contributed by atoms with Gasteiger partial charge in [0.15, 0.2) is 5.82 Å². The zero-order chi connectivity index (χ0) is 12.3. The average molecular weight is 231 g/mol. The van der Waals surface area contributed by atoms with Gasteiger partial charge in [-0.15, -0.1) is 0 Å². The van der Waals surface area contributed by atoms with Crippen molar-refractivity contribution in [2.45, 2.75) is 13.8 Å². The quantitative estimate of drug-likeness (QED) is 0.755. The molecule has 0 amide bonds. The molecule has 0 atom stereocenters.